The lowest BCUT2D eigenvalue weighted by Gasteiger charge is -2.27. The fourth-order valence-corrected chi connectivity index (χ4v) is 4.81. The van der Waals surface area contributed by atoms with Gasteiger partial charge in [0.25, 0.3) is 5.91 Å². The molecule has 2 unspecified atom stereocenters. The summed E-state index contributed by atoms with van der Waals surface area (Å²) >= 11 is 5.95. The maximum absolute atomic E-state index is 13.4. The van der Waals surface area contributed by atoms with Crippen molar-refractivity contribution < 1.29 is 19.5 Å². The molecule has 0 spiro atoms. The van der Waals surface area contributed by atoms with E-state index in [0.717, 1.165) is 16.5 Å². The van der Waals surface area contributed by atoms with Crippen LogP contribution in [0.3, 0.4) is 0 Å². The molecule has 170 valence electrons. The van der Waals surface area contributed by atoms with Crippen molar-refractivity contribution in [2.45, 2.75) is 12.5 Å². The summed E-state index contributed by atoms with van der Waals surface area (Å²) in [5.41, 5.74) is 2.84. The normalized spacial score (nSPS) is 18.1. The van der Waals surface area contributed by atoms with Gasteiger partial charge in [0, 0.05) is 34.2 Å². The molecule has 34 heavy (non-hydrogen) atoms. The van der Waals surface area contributed by atoms with Gasteiger partial charge < -0.3 is 15.0 Å². The maximum Gasteiger partial charge on any atom is 0.291 e. The maximum atomic E-state index is 13.4. The average Bonchev–Trinajstić information content (AvgIpc) is 3.36. The number of amides is 1. The minimum Gasteiger partial charge on any atom is -0.508 e. The molecule has 3 aromatic carbocycles. The third-order valence-corrected chi connectivity index (χ3v) is 6.58. The number of phenolic OH excluding ortho intramolecular Hbond substituents is 1. The number of aromatic nitrogens is 1. The number of phenols is 1. The molecule has 1 aliphatic heterocycles. The second-order valence-electron chi connectivity index (χ2n) is 8.36. The van der Waals surface area contributed by atoms with Crippen LogP contribution < -0.4 is 0 Å². The number of nitrogens with one attached hydrogen (secondary N) is 1. The van der Waals surface area contributed by atoms with Crippen LogP contribution in [0.2, 0.25) is 5.02 Å². The van der Waals surface area contributed by atoms with Crippen LogP contribution in [0.25, 0.3) is 10.9 Å². The zero-order valence-corrected chi connectivity index (χ0v) is 18.8. The van der Waals surface area contributed by atoms with Gasteiger partial charge in [-0.25, -0.2) is 0 Å². The number of ketones is 2. The molecule has 1 fully saturated rings. The fourth-order valence-electron chi connectivity index (χ4n) is 4.68. The SMILES string of the molecule is O=C1C(=O)N(CCc2c[nH]c3ccccc23)C(c2cccc(O)c2)C1C(=O)c1ccc(Cl)cc1. The van der Waals surface area contributed by atoms with E-state index >= 15 is 0 Å². The number of Topliss-reactive ketones (excluding diaryl/α,β-unsaturated/α-hetero) is 2. The molecule has 1 amide bonds. The second kappa shape index (κ2) is 8.80. The van der Waals surface area contributed by atoms with Crippen LogP contribution in [0.1, 0.15) is 27.5 Å². The van der Waals surface area contributed by atoms with Gasteiger partial charge in [-0.2, -0.15) is 0 Å². The topological polar surface area (TPSA) is 90.5 Å². The van der Waals surface area contributed by atoms with Gasteiger partial charge in [-0.05, 0) is 60.0 Å². The minimum atomic E-state index is -1.21. The summed E-state index contributed by atoms with van der Waals surface area (Å²) in [4.78, 5) is 44.4. The van der Waals surface area contributed by atoms with Crippen LogP contribution in [0.5, 0.6) is 5.75 Å². The number of rotatable bonds is 6. The van der Waals surface area contributed by atoms with E-state index < -0.39 is 29.4 Å². The van der Waals surface area contributed by atoms with Gasteiger partial charge in [0.2, 0.25) is 5.78 Å². The average molecular weight is 473 g/mol. The summed E-state index contributed by atoms with van der Waals surface area (Å²) in [6.45, 7) is 0.247. The molecule has 6 nitrogen and oxygen atoms in total. The van der Waals surface area contributed by atoms with Gasteiger partial charge in [-0.15, -0.1) is 0 Å². The Labute approximate surface area is 200 Å². The number of hydrogen-bond acceptors (Lipinski definition) is 4. The summed E-state index contributed by atoms with van der Waals surface area (Å²) in [6, 6.07) is 19.7. The molecule has 4 aromatic rings. The molecule has 5 rings (SSSR count). The fraction of sp³-hybridized carbons (Fsp3) is 0.148. The van der Waals surface area contributed by atoms with E-state index in [4.69, 9.17) is 11.6 Å². The smallest absolute Gasteiger partial charge is 0.291 e. The lowest BCUT2D eigenvalue weighted by atomic mass is 9.86. The molecule has 0 saturated carbocycles. The van der Waals surface area contributed by atoms with Crippen LogP contribution in [0.4, 0.5) is 0 Å². The molecule has 0 bridgehead atoms. The lowest BCUT2D eigenvalue weighted by Crippen LogP contribution is -2.32. The lowest BCUT2D eigenvalue weighted by molar-refractivity contribution is -0.140. The van der Waals surface area contributed by atoms with E-state index in [2.05, 4.69) is 4.98 Å². The number of likely N-dealkylation sites (tertiary alicyclic amines) is 1. The first-order chi connectivity index (χ1) is 16.4. The first-order valence-electron chi connectivity index (χ1n) is 10.9. The molecule has 0 radical (unpaired) electrons. The molecule has 2 N–H and O–H groups in total. The van der Waals surface area contributed by atoms with E-state index in [1.165, 1.54) is 17.0 Å². The number of para-hydroxylation sites is 1. The quantitative estimate of drug-likeness (QED) is 0.241. The molecule has 0 aliphatic carbocycles. The highest BCUT2D eigenvalue weighted by molar-refractivity contribution is 6.44. The number of fused-ring (bicyclic) bond motifs is 1. The zero-order chi connectivity index (χ0) is 23.8. The van der Waals surface area contributed by atoms with E-state index in [-0.39, 0.29) is 12.3 Å². The molecule has 2 atom stereocenters. The van der Waals surface area contributed by atoms with Crippen LogP contribution >= 0.6 is 11.6 Å². The number of nitrogens with zero attached hydrogens (tertiary/aromatic N) is 1. The third-order valence-electron chi connectivity index (χ3n) is 6.33. The van der Waals surface area contributed by atoms with Gasteiger partial charge in [0.1, 0.15) is 11.7 Å². The van der Waals surface area contributed by atoms with E-state index in [1.54, 1.807) is 36.4 Å². The van der Waals surface area contributed by atoms with Crippen LogP contribution in [-0.2, 0) is 16.0 Å². The van der Waals surface area contributed by atoms with Gasteiger partial charge in [0.05, 0.1) is 6.04 Å². The van der Waals surface area contributed by atoms with Gasteiger partial charge >= 0.3 is 0 Å². The van der Waals surface area contributed by atoms with Crippen molar-refractivity contribution in [1.82, 2.24) is 9.88 Å². The molecule has 1 saturated heterocycles. The number of hydrogen-bond donors (Lipinski definition) is 2. The first-order valence-corrected chi connectivity index (χ1v) is 11.3. The van der Waals surface area contributed by atoms with Gasteiger partial charge in [0.15, 0.2) is 5.78 Å². The molecular weight excluding hydrogens is 452 g/mol. The summed E-state index contributed by atoms with van der Waals surface area (Å²) < 4.78 is 0. The second-order valence-corrected chi connectivity index (χ2v) is 8.80. The van der Waals surface area contributed by atoms with Gasteiger partial charge in [-0.1, -0.05) is 41.9 Å². The van der Waals surface area contributed by atoms with E-state index in [9.17, 15) is 19.5 Å². The number of aromatic hydroxyl groups is 1. The monoisotopic (exact) mass is 472 g/mol. The Morgan fingerprint density at radius 3 is 2.53 bits per heavy atom. The predicted molar refractivity (Wildman–Crippen MR) is 129 cm³/mol. The largest absolute Gasteiger partial charge is 0.508 e. The van der Waals surface area contributed by atoms with Crippen molar-refractivity contribution in [2.75, 3.05) is 6.54 Å². The number of halogens is 1. The van der Waals surface area contributed by atoms with Crippen LogP contribution in [0, 0.1) is 5.92 Å². The van der Waals surface area contributed by atoms with Crippen molar-refractivity contribution in [3.05, 3.63) is 101 Å². The van der Waals surface area contributed by atoms with Crippen molar-refractivity contribution in [3.8, 4) is 5.75 Å². The van der Waals surface area contributed by atoms with Gasteiger partial charge in [-0.3, -0.25) is 14.4 Å². The van der Waals surface area contributed by atoms with Crippen molar-refractivity contribution in [1.29, 1.82) is 0 Å². The Bertz CT molecular complexity index is 1410. The zero-order valence-electron chi connectivity index (χ0n) is 18.1. The van der Waals surface area contributed by atoms with Crippen molar-refractivity contribution >= 4 is 40.0 Å². The Morgan fingerprint density at radius 1 is 1.00 bits per heavy atom. The number of benzene rings is 3. The summed E-state index contributed by atoms with van der Waals surface area (Å²) in [5.74, 6) is -3.09. The Balaban J connectivity index is 1.51. The van der Waals surface area contributed by atoms with Crippen LogP contribution in [-0.4, -0.2) is 39.0 Å². The standard InChI is InChI=1S/C27H21ClN2O4/c28-19-10-8-16(9-11-19)25(32)23-24(17-4-3-5-20(31)14-17)30(27(34)26(23)33)13-12-18-15-29-22-7-2-1-6-21(18)22/h1-11,14-15,23-24,29,31H,12-13H2. The Hall–Kier alpha value is -3.90. The predicted octanol–water partition coefficient (Wildman–Crippen LogP) is 4.72. The highest BCUT2D eigenvalue weighted by Gasteiger charge is 2.51. The number of H-pyrrole nitrogens is 1. The van der Waals surface area contributed by atoms with Crippen molar-refractivity contribution in [3.63, 3.8) is 0 Å². The highest BCUT2D eigenvalue weighted by atomic mass is 35.5. The summed E-state index contributed by atoms with van der Waals surface area (Å²) in [5, 5.41) is 11.6. The Morgan fingerprint density at radius 2 is 1.76 bits per heavy atom. The highest BCUT2D eigenvalue weighted by Crippen LogP contribution is 2.39. The minimum absolute atomic E-state index is 0.00133. The van der Waals surface area contributed by atoms with E-state index in [0.29, 0.717) is 22.6 Å². The number of carbonyl (C=O) groups is 3. The first kappa shape index (κ1) is 21.9. The number of carbonyl (C=O) groups excluding carboxylic acids is 3. The van der Waals surface area contributed by atoms with Crippen molar-refractivity contribution in [2.24, 2.45) is 5.92 Å². The van der Waals surface area contributed by atoms with Crippen LogP contribution in [0.15, 0.2) is 79.0 Å². The molecule has 7 heteroatoms. The molecule has 1 aromatic heterocycles. The van der Waals surface area contributed by atoms with E-state index in [1.807, 2.05) is 30.5 Å². The molecule has 1 aliphatic rings. The summed E-state index contributed by atoms with van der Waals surface area (Å²) in [7, 11) is 0. The Kier molecular flexibility index (Phi) is 5.67. The molecule has 2 heterocycles. The molecular formula is C27H21ClN2O4. The summed E-state index contributed by atoms with van der Waals surface area (Å²) in [6.07, 6.45) is 2.40. The number of aromatic amines is 1. The third kappa shape index (κ3) is 3.86.